The van der Waals surface area contributed by atoms with E-state index >= 15 is 0 Å². The lowest BCUT2D eigenvalue weighted by atomic mass is 10.3. The van der Waals surface area contributed by atoms with Gasteiger partial charge in [-0.25, -0.2) is 0 Å². The predicted molar refractivity (Wildman–Crippen MR) is 38.4 cm³/mol. The molecule has 0 radical (unpaired) electrons. The topological polar surface area (TPSA) is 39.7 Å². The molecule has 0 amide bonds. The molecule has 4 N–H and O–H groups in total. The Hall–Kier alpha value is 0.140. The van der Waals surface area contributed by atoms with Crippen molar-refractivity contribution in [1.82, 2.24) is 5.32 Å². The number of quaternary nitrogens is 1. The van der Waals surface area contributed by atoms with Gasteiger partial charge < -0.3 is 23.5 Å². The largest absolute Gasteiger partial charge is 1.00 e. The van der Waals surface area contributed by atoms with Gasteiger partial charge in [-0.2, -0.15) is 0 Å². The Kier molecular flexibility index (Phi) is 8.27. The summed E-state index contributed by atoms with van der Waals surface area (Å²) in [6.07, 6.45) is 1.09. The van der Waals surface area contributed by atoms with Crippen LogP contribution in [0.3, 0.4) is 0 Å². The quantitative estimate of drug-likeness (QED) is 0.429. The molecular weight excluding hydrogens is 156 g/mol. The number of nitrogens with one attached hydrogen (secondary N) is 1. The minimum Gasteiger partial charge on any atom is -1.00 e. The summed E-state index contributed by atoms with van der Waals surface area (Å²) >= 11 is 4.72. The molecule has 0 spiro atoms. The molecule has 0 aromatic heterocycles. The molecule has 2 nitrogen and oxygen atoms in total. The molecule has 0 aliphatic carbocycles. The Balaban J connectivity index is 0. The third-order valence-corrected chi connectivity index (χ3v) is 1.14. The van der Waals surface area contributed by atoms with Crippen molar-refractivity contribution in [3.8, 4) is 0 Å². The standard InChI is InChI=1S/C5H12N2S.ClH/c1-3-4(2)7-5(6)8;/h4H,3H2,1-2H3,(H3,6,7,8);1H. The Bertz CT molecular complexity index is 87.0. The van der Waals surface area contributed by atoms with Crippen LogP contribution in [-0.2, 0) is 0 Å². The maximum absolute atomic E-state index is 4.72. The van der Waals surface area contributed by atoms with Crippen molar-refractivity contribution in [2.45, 2.75) is 26.3 Å². The number of rotatable bonds is 2. The monoisotopic (exact) mass is 168 g/mol. The zero-order valence-corrected chi connectivity index (χ0v) is 7.35. The molecule has 0 aromatic carbocycles. The molecular formula is C5H13ClN2S. The summed E-state index contributed by atoms with van der Waals surface area (Å²) < 4.78 is 0. The van der Waals surface area contributed by atoms with Crippen LogP contribution >= 0.6 is 12.2 Å². The summed E-state index contributed by atoms with van der Waals surface area (Å²) in [5.41, 5.74) is 3.55. The molecule has 56 valence electrons. The van der Waals surface area contributed by atoms with E-state index in [-0.39, 0.29) is 12.4 Å². The molecule has 0 saturated heterocycles. The van der Waals surface area contributed by atoms with Crippen molar-refractivity contribution in [3.05, 3.63) is 0 Å². The Morgan fingerprint density at radius 2 is 2.22 bits per heavy atom. The average molecular weight is 169 g/mol. The van der Waals surface area contributed by atoms with Gasteiger partial charge in [0.15, 0.2) is 0 Å². The van der Waals surface area contributed by atoms with Gasteiger partial charge in [-0.15, -0.1) is 0 Å². The Morgan fingerprint density at radius 3 is 2.33 bits per heavy atom. The lowest BCUT2D eigenvalue weighted by Gasteiger charge is -2.06. The Morgan fingerprint density at radius 1 is 1.78 bits per heavy atom. The summed E-state index contributed by atoms with van der Waals surface area (Å²) in [4.78, 5) is 0. The van der Waals surface area contributed by atoms with E-state index in [4.69, 9.17) is 12.2 Å². The van der Waals surface area contributed by atoms with Crippen molar-refractivity contribution in [3.63, 3.8) is 0 Å². The molecule has 0 rings (SSSR count). The van der Waals surface area contributed by atoms with Gasteiger partial charge in [0.25, 0.3) is 5.11 Å². The third kappa shape index (κ3) is 8.14. The summed E-state index contributed by atoms with van der Waals surface area (Å²) in [6.45, 7) is 4.19. The molecule has 0 bridgehead atoms. The summed E-state index contributed by atoms with van der Waals surface area (Å²) in [7, 11) is 0. The smallest absolute Gasteiger partial charge is 0.265 e. The second kappa shape index (κ2) is 6.26. The van der Waals surface area contributed by atoms with Crippen LogP contribution in [0.25, 0.3) is 0 Å². The molecule has 0 aromatic rings. The number of thiocarbonyl (C=S) groups is 1. The van der Waals surface area contributed by atoms with Gasteiger partial charge in [0.05, 0.1) is 0 Å². The third-order valence-electron chi connectivity index (χ3n) is 1.02. The summed E-state index contributed by atoms with van der Waals surface area (Å²) in [5, 5.41) is 3.65. The highest BCUT2D eigenvalue weighted by molar-refractivity contribution is 7.79. The fourth-order valence-corrected chi connectivity index (χ4v) is 0.578. The van der Waals surface area contributed by atoms with Crippen LogP contribution in [0, 0.1) is 0 Å². The van der Waals surface area contributed by atoms with Gasteiger partial charge in [0.2, 0.25) is 0 Å². The first-order chi connectivity index (χ1) is 3.66. The fraction of sp³-hybridized carbons (Fsp3) is 0.800. The molecule has 0 heterocycles. The average Bonchev–Trinajstić information content (AvgIpc) is 1.65. The van der Waals surface area contributed by atoms with Crippen LogP contribution in [0.2, 0.25) is 0 Å². The minimum atomic E-state index is 0. The van der Waals surface area contributed by atoms with Gasteiger partial charge in [0, 0.05) is 18.3 Å². The number of halogens is 1. The summed E-state index contributed by atoms with van der Waals surface area (Å²) in [6, 6.07) is 0.472. The van der Waals surface area contributed by atoms with Crippen LogP contribution in [0.5, 0.6) is 0 Å². The van der Waals surface area contributed by atoms with Gasteiger partial charge >= 0.3 is 0 Å². The highest BCUT2D eigenvalue weighted by atomic mass is 35.5. The molecule has 0 aliphatic heterocycles. The van der Waals surface area contributed by atoms with Gasteiger partial charge in [-0.3, -0.25) is 0 Å². The van der Waals surface area contributed by atoms with Crippen LogP contribution in [0.15, 0.2) is 0 Å². The van der Waals surface area contributed by atoms with E-state index in [2.05, 4.69) is 24.9 Å². The molecule has 1 atom stereocenters. The molecule has 0 saturated carbocycles. The lowest BCUT2D eigenvalue weighted by molar-refractivity contribution is -0.215. The maximum atomic E-state index is 4.72. The van der Waals surface area contributed by atoms with Gasteiger partial charge in [0.1, 0.15) is 0 Å². The first-order valence-corrected chi connectivity index (χ1v) is 3.20. The van der Waals surface area contributed by atoms with Gasteiger partial charge in [-0.1, -0.05) is 6.92 Å². The maximum Gasteiger partial charge on any atom is 0.265 e. The van der Waals surface area contributed by atoms with Crippen molar-refractivity contribution >= 4 is 17.3 Å². The molecule has 4 heteroatoms. The normalized spacial score (nSPS) is 11.4. The SMILES string of the molecule is CCC(C)NC([NH3+])=S.[Cl-]. The minimum absolute atomic E-state index is 0. The van der Waals surface area contributed by atoms with Crippen LogP contribution in [0.4, 0.5) is 0 Å². The Labute approximate surface area is 67.6 Å². The number of hydrogen-bond donors (Lipinski definition) is 2. The van der Waals surface area contributed by atoms with E-state index < -0.39 is 0 Å². The first kappa shape index (κ1) is 11.9. The zero-order chi connectivity index (χ0) is 6.57. The van der Waals surface area contributed by atoms with Crippen molar-refractivity contribution in [2.75, 3.05) is 0 Å². The van der Waals surface area contributed by atoms with E-state index in [0.717, 1.165) is 6.42 Å². The molecule has 1 unspecified atom stereocenters. The highest BCUT2D eigenvalue weighted by Crippen LogP contribution is 1.84. The first-order valence-electron chi connectivity index (χ1n) is 2.79. The lowest BCUT2D eigenvalue weighted by Crippen LogP contribution is -3.00. The van der Waals surface area contributed by atoms with E-state index in [0.29, 0.717) is 11.2 Å². The number of hydrogen-bond acceptors (Lipinski definition) is 1. The van der Waals surface area contributed by atoms with E-state index in [1.54, 1.807) is 0 Å². The fourth-order valence-electron chi connectivity index (χ4n) is 0.377. The van der Waals surface area contributed by atoms with E-state index in [1.165, 1.54) is 0 Å². The molecule has 9 heavy (non-hydrogen) atoms. The molecule has 0 fully saturated rings. The van der Waals surface area contributed by atoms with Gasteiger partial charge in [-0.05, 0) is 13.3 Å². The predicted octanol–water partition coefficient (Wildman–Crippen LogP) is -3.09. The van der Waals surface area contributed by atoms with Crippen LogP contribution in [-0.4, -0.2) is 11.2 Å². The van der Waals surface area contributed by atoms with Crippen molar-refractivity contribution in [1.29, 1.82) is 0 Å². The zero-order valence-electron chi connectivity index (χ0n) is 5.78. The van der Waals surface area contributed by atoms with Crippen LogP contribution in [0.1, 0.15) is 20.3 Å². The second-order valence-corrected chi connectivity index (χ2v) is 2.37. The molecule has 0 aliphatic rings. The van der Waals surface area contributed by atoms with Crippen LogP contribution < -0.4 is 23.5 Å². The highest BCUT2D eigenvalue weighted by Gasteiger charge is 1.97. The van der Waals surface area contributed by atoms with Crippen molar-refractivity contribution in [2.24, 2.45) is 0 Å². The van der Waals surface area contributed by atoms with E-state index in [9.17, 15) is 0 Å². The van der Waals surface area contributed by atoms with E-state index in [1.807, 2.05) is 0 Å². The van der Waals surface area contributed by atoms with Crippen molar-refractivity contribution < 1.29 is 18.1 Å². The summed E-state index contributed by atoms with van der Waals surface area (Å²) in [5.74, 6) is 0. The second-order valence-electron chi connectivity index (χ2n) is 1.88.